The van der Waals surface area contributed by atoms with Crippen molar-refractivity contribution >= 4 is 15.9 Å². The first-order chi connectivity index (χ1) is 10.2. The SMILES string of the molecule is CCNC(c1cc(Br)ccc1F)C1CN2CCCC2CO1. The van der Waals surface area contributed by atoms with E-state index in [1.807, 2.05) is 13.0 Å². The first kappa shape index (κ1) is 15.4. The number of nitrogens with one attached hydrogen (secondary N) is 1. The van der Waals surface area contributed by atoms with E-state index in [4.69, 9.17) is 4.74 Å². The van der Waals surface area contributed by atoms with E-state index in [9.17, 15) is 4.39 Å². The number of halogens is 2. The van der Waals surface area contributed by atoms with Crippen molar-refractivity contribution in [2.45, 2.75) is 38.0 Å². The first-order valence-corrected chi connectivity index (χ1v) is 8.52. The third-order valence-electron chi connectivity index (χ3n) is 4.51. The Kier molecular flexibility index (Phi) is 4.94. The van der Waals surface area contributed by atoms with Crippen molar-refractivity contribution in [1.82, 2.24) is 10.2 Å². The summed E-state index contributed by atoms with van der Waals surface area (Å²) in [5, 5.41) is 3.40. The Labute approximate surface area is 134 Å². The van der Waals surface area contributed by atoms with Crippen LogP contribution in [0.5, 0.6) is 0 Å². The molecule has 0 radical (unpaired) electrons. The van der Waals surface area contributed by atoms with Gasteiger partial charge in [-0.3, -0.25) is 4.90 Å². The lowest BCUT2D eigenvalue weighted by Gasteiger charge is -2.39. The van der Waals surface area contributed by atoms with E-state index in [1.54, 1.807) is 6.07 Å². The molecule has 0 amide bonds. The largest absolute Gasteiger partial charge is 0.373 e. The third-order valence-corrected chi connectivity index (χ3v) is 5.00. The Morgan fingerprint density at radius 2 is 2.38 bits per heavy atom. The number of rotatable bonds is 4. The Hall–Kier alpha value is -0.490. The van der Waals surface area contributed by atoms with Gasteiger partial charge >= 0.3 is 0 Å². The lowest BCUT2D eigenvalue weighted by molar-refractivity contribution is -0.0655. The Bertz CT molecular complexity index is 499. The molecule has 0 aromatic heterocycles. The number of hydrogen-bond acceptors (Lipinski definition) is 3. The second-order valence-corrected chi connectivity index (χ2v) is 6.78. The van der Waals surface area contributed by atoms with Crippen LogP contribution in [0.25, 0.3) is 0 Å². The zero-order chi connectivity index (χ0) is 14.8. The highest BCUT2D eigenvalue weighted by Crippen LogP contribution is 2.31. The molecule has 2 aliphatic rings. The van der Waals surface area contributed by atoms with Crippen LogP contribution in [0.1, 0.15) is 31.4 Å². The predicted molar refractivity (Wildman–Crippen MR) is 84.9 cm³/mol. The first-order valence-electron chi connectivity index (χ1n) is 7.73. The molecule has 3 unspecified atom stereocenters. The zero-order valence-corrected chi connectivity index (χ0v) is 13.9. The molecule has 5 heteroatoms. The maximum absolute atomic E-state index is 14.2. The second-order valence-electron chi connectivity index (χ2n) is 5.86. The monoisotopic (exact) mass is 356 g/mol. The molecule has 2 heterocycles. The predicted octanol–water partition coefficient (Wildman–Crippen LogP) is 3.10. The van der Waals surface area contributed by atoms with E-state index >= 15 is 0 Å². The van der Waals surface area contributed by atoms with Crippen LogP contribution < -0.4 is 5.32 Å². The molecule has 2 aliphatic heterocycles. The fourth-order valence-electron chi connectivity index (χ4n) is 3.46. The number of benzene rings is 1. The number of likely N-dealkylation sites (N-methyl/N-ethyl adjacent to an activating group) is 1. The molecule has 0 aliphatic carbocycles. The molecule has 3 rings (SSSR count). The van der Waals surface area contributed by atoms with Gasteiger partial charge in [0.1, 0.15) is 5.82 Å². The maximum atomic E-state index is 14.2. The minimum absolute atomic E-state index is 0.00287. The highest BCUT2D eigenvalue weighted by Gasteiger charge is 2.36. The van der Waals surface area contributed by atoms with E-state index in [0.717, 1.165) is 30.7 Å². The summed E-state index contributed by atoms with van der Waals surface area (Å²) in [5.74, 6) is -0.170. The summed E-state index contributed by atoms with van der Waals surface area (Å²) in [4.78, 5) is 2.49. The lowest BCUT2D eigenvalue weighted by Crippen LogP contribution is -2.50. The molecule has 1 aromatic rings. The average Bonchev–Trinajstić information content (AvgIpc) is 2.95. The molecule has 1 aromatic carbocycles. The Morgan fingerprint density at radius 1 is 1.52 bits per heavy atom. The van der Waals surface area contributed by atoms with Crippen molar-refractivity contribution in [3.8, 4) is 0 Å². The van der Waals surface area contributed by atoms with Crippen LogP contribution in [-0.4, -0.2) is 43.3 Å². The Morgan fingerprint density at radius 3 is 3.19 bits per heavy atom. The fourth-order valence-corrected chi connectivity index (χ4v) is 3.84. The molecule has 0 bridgehead atoms. The molecule has 21 heavy (non-hydrogen) atoms. The van der Waals surface area contributed by atoms with Crippen molar-refractivity contribution in [3.63, 3.8) is 0 Å². The van der Waals surface area contributed by atoms with E-state index in [0.29, 0.717) is 11.6 Å². The maximum Gasteiger partial charge on any atom is 0.128 e. The van der Waals surface area contributed by atoms with Crippen molar-refractivity contribution in [2.75, 3.05) is 26.2 Å². The number of morpholine rings is 1. The molecule has 1 N–H and O–H groups in total. The Balaban J connectivity index is 1.82. The minimum atomic E-state index is -0.170. The molecule has 116 valence electrons. The van der Waals surface area contributed by atoms with Crippen molar-refractivity contribution < 1.29 is 9.13 Å². The van der Waals surface area contributed by atoms with Crippen LogP contribution in [-0.2, 0) is 4.74 Å². The summed E-state index contributed by atoms with van der Waals surface area (Å²) in [5.41, 5.74) is 0.689. The molecular weight excluding hydrogens is 335 g/mol. The number of ether oxygens (including phenoxy) is 1. The van der Waals surface area contributed by atoms with Crippen molar-refractivity contribution in [3.05, 3.63) is 34.1 Å². The average molecular weight is 357 g/mol. The van der Waals surface area contributed by atoms with Crippen LogP contribution in [0, 0.1) is 5.82 Å². The smallest absolute Gasteiger partial charge is 0.128 e. The molecule has 0 spiro atoms. The number of hydrogen-bond donors (Lipinski definition) is 1. The summed E-state index contributed by atoms with van der Waals surface area (Å²) in [6.07, 6.45) is 2.48. The van der Waals surface area contributed by atoms with Gasteiger partial charge in [-0.2, -0.15) is 0 Å². The van der Waals surface area contributed by atoms with Crippen LogP contribution in [0.4, 0.5) is 4.39 Å². The highest BCUT2D eigenvalue weighted by atomic mass is 79.9. The minimum Gasteiger partial charge on any atom is -0.373 e. The summed E-state index contributed by atoms with van der Waals surface area (Å²) >= 11 is 3.44. The lowest BCUT2D eigenvalue weighted by atomic mass is 9.98. The summed E-state index contributed by atoms with van der Waals surface area (Å²) in [6, 6.07) is 5.58. The number of fused-ring (bicyclic) bond motifs is 1. The second kappa shape index (κ2) is 6.73. The van der Waals surface area contributed by atoms with E-state index in [-0.39, 0.29) is 18.0 Å². The normalized spacial score (nSPS) is 27.6. The molecular formula is C16H22BrFN2O. The topological polar surface area (TPSA) is 24.5 Å². The van der Waals surface area contributed by atoms with E-state index in [1.165, 1.54) is 18.9 Å². The standard InChI is InChI=1S/C16H22BrFN2O/c1-2-19-16(13-8-11(17)5-6-14(13)18)15-9-20-7-3-4-12(20)10-21-15/h5-6,8,12,15-16,19H,2-4,7,9-10H2,1H3. The van der Waals surface area contributed by atoms with Crippen LogP contribution in [0.15, 0.2) is 22.7 Å². The van der Waals surface area contributed by atoms with Gasteiger partial charge in [0, 0.05) is 22.6 Å². The van der Waals surface area contributed by atoms with Gasteiger partial charge in [-0.25, -0.2) is 4.39 Å². The molecule has 0 saturated carbocycles. The van der Waals surface area contributed by atoms with Gasteiger partial charge in [0.15, 0.2) is 0 Å². The van der Waals surface area contributed by atoms with E-state index < -0.39 is 0 Å². The van der Waals surface area contributed by atoms with Crippen molar-refractivity contribution in [1.29, 1.82) is 0 Å². The van der Waals surface area contributed by atoms with Gasteiger partial charge in [-0.05, 0) is 44.1 Å². The molecule has 2 saturated heterocycles. The van der Waals surface area contributed by atoms with Crippen LogP contribution >= 0.6 is 15.9 Å². The molecule has 3 atom stereocenters. The van der Waals surface area contributed by atoms with Gasteiger partial charge in [-0.15, -0.1) is 0 Å². The summed E-state index contributed by atoms with van der Waals surface area (Å²) in [6.45, 7) is 5.63. The van der Waals surface area contributed by atoms with Crippen LogP contribution in [0.2, 0.25) is 0 Å². The van der Waals surface area contributed by atoms with Crippen molar-refractivity contribution in [2.24, 2.45) is 0 Å². The summed E-state index contributed by atoms with van der Waals surface area (Å²) in [7, 11) is 0. The van der Waals surface area contributed by atoms with Gasteiger partial charge in [0.05, 0.1) is 18.8 Å². The van der Waals surface area contributed by atoms with Gasteiger partial charge in [0.25, 0.3) is 0 Å². The fraction of sp³-hybridized carbons (Fsp3) is 0.625. The van der Waals surface area contributed by atoms with Gasteiger partial charge in [-0.1, -0.05) is 22.9 Å². The zero-order valence-electron chi connectivity index (χ0n) is 12.3. The quantitative estimate of drug-likeness (QED) is 0.896. The van der Waals surface area contributed by atoms with Crippen LogP contribution in [0.3, 0.4) is 0 Å². The third kappa shape index (κ3) is 3.31. The number of nitrogens with zero attached hydrogens (tertiary/aromatic N) is 1. The summed E-state index contributed by atoms with van der Waals surface area (Å²) < 4.78 is 21.2. The highest BCUT2D eigenvalue weighted by molar-refractivity contribution is 9.10. The van der Waals surface area contributed by atoms with Gasteiger partial charge in [0.2, 0.25) is 0 Å². The molecule has 2 fully saturated rings. The van der Waals surface area contributed by atoms with Gasteiger partial charge < -0.3 is 10.1 Å². The molecule has 3 nitrogen and oxygen atoms in total. The van der Waals surface area contributed by atoms with E-state index in [2.05, 4.69) is 26.1 Å².